The molecular weight excluding hydrogens is 397 g/mol. The van der Waals surface area contributed by atoms with Crippen molar-refractivity contribution in [2.24, 2.45) is 0 Å². The molecule has 1 N–H and O–H groups in total. The Morgan fingerprint density at radius 3 is 2.41 bits per heavy atom. The second-order valence-electron chi connectivity index (χ2n) is 7.39. The summed E-state index contributed by atoms with van der Waals surface area (Å²) in [4.78, 5) is 16.6. The quantitative estimate of drug-likeness (QED) is 0.774. The number of rotatable bonds is 6. The van der Waals surface area contributed by atoms with Gasteiger partial charge in [0.05, 0.1) is 0 Å². The lowest BCUT2D eigenvalue weighted by Gasteiger charge is -2.33. The first-order valence-electron chi connectivity index (χ1n) is 9.35. The minimum atomic E-state index is -3.63. The Hall–Kier alpha value is -2.52. The van der Waals surface area contributed by atoms with Gasteiger partial charge >= 0.3 is 0 Å². The number of halogens is 1. The van der Waals surface area contributed by atoms with E-state index in [4.69, 9.17) is 4.74 Å². The number of hydrogen-bond donors (Lipinski definition) is 1. The summed E-state index contributed by atoms with van der Waals surface area (Å²) in [5.41, 5.74) is -1.16. The lowest BCUT2D eigenvalue weighted by Crippen LogP contribution is -2.53. The number of hydrogen-bond acceptors (Lipinski definition) is 5. The Bertz CT molecular complexity index is 941. The summed E-state index contributed by atoms with van der Waals surface area (Å²) in [5.74, 6) is -0.303. The Morgan fingerprint density at radius 1 is 1.17 bits per heavy atom. The van der Waals surface area contributed by atoms with Gasteiger partial charge in [0.15, 0.2) is 10.6 Å². The second-order valence-corrected chi connectivity index (χ2v) is 9.27. The highest BCUT2D eigenvalue weighted by Crippen LogP contribution is 2.22. The molecule has 3 rings (SSSR count). The van der Waals surface area contributed by atoms with E-state index in [0.717, 1.165) is 0 Å². The number of nitrogens with zero attached hydrogens (tertiary/aromatic N) is 2. The van der Waals surface area contributed by atoms with Crippen LogP contribution < -0.4 is 10.1 Å². The third kappa shape index (κ3) is 5.10. The molecule has 0 aliphatic carbocycles. The zero-order valence-electron chi connectivity index (χ0n) is 16.3. The van der Waals surface area contributed by atoms with Crippen molar-refractivity contribution >= 4 is 15.9 Å². The molecule has 7 nitrogen and oxygen atoms in total. The van der Waals surface area contributed by atoms with E-state index in [9.17, 15) is 17.6 Å². The number of piperidine rings is 1. The van der Waals surface area contributed by atoms with E-state index in [0.29, 0.717) is 31.7 Å². The van der Waals surface area contributed by atoms with E-state index in [1.807, 2.05) is 0 Å². The fourth-order valence-corrected chi connectivity index (χ4v) is 4.48. The molecule has 1 aromatic heterocycles. The zero-order chi connectivity index (χ0) is 21.1. The van der Waals surface area contributed by atoms with E-state index < -0.39 is 15.6 Å². The number of carbonyl (C=O) groups is 1. The third-order valence-corrected chi connectivity index (χ3v) is 6.58. The average Bonchev–Trinajstić information content (AvgIpc) is 2.70. The second kappa shape index (κ2) is 8.46. The summed E-state index contributed by atoms with van der Waals surface area (Å²) >= 11 is 0. The van der Waals surface area contributed by atoms with Crippen LogP contribution in [0, 0.1) is 5.82 Å². The molecule has 0 saturated carbocycles. The maximum atomic E-state index is 13.0. The van der Waals surface area contributed by atoms with Crippen LogP contribution in [0.5, 0.6) is 5.75 Å². The third-order valence-electron chi connectivity index (χ3n) is 4.76. The van der Waals surface area contributed by atoms with Gasteiger partial charge in [0.25, 0.3) is 15.9 Å². The van der Waals surface area contributed by atoms with Gasteiger partial charge in [0.2, 0.25) is 0 Å². The summed E-state index contributed by atoms with van der Waals surface area (Å²) in [5, 5.41) is 2.95. The van der Waals surface area contributed by atoms with E-state index in [2.05, 4.69) is 10.3 Å². The highest BCUT2D eigenvalue weighted by molar-refractivity contribution is 7.89. The van der Waals surface area contributed by atoms with Crippen molar-refractivity contribution in [3.63, 3.8) is 0 Å². The van der Waals surface area contributed by atoms with Crippen LogP contribution in [0.15, 0.2) is 53.7 Å². The molecule has 0 atom stereocenters. The highest BCUT2D eigenvalue weighted by Gasteiger charge is 2.35. The highest BCUT2D eigenvalue weighted by atomic mass is 32.2. The molecule has 9 heteroatoms. The fraction of sp³-hybridized carbons (Fsp3) is 0.400. The number of amides is 1. The lowest BCUT2D eigenvalue weighted by atomic mass is 10.0. The Balaban J connectivity index is 1.56. The number of aromatic nitrogens is 1. The van der Waals surface area contributed by atoms with Crippen LogP contribution in [0.3, 0.4) is 0 Å². The molecule has 1 aliphatic rings. The number of pyridine rings is 1. The molecule has 156 valence electrons. The van der Waals surface area contributed by atoms with Crippen molar-refractivity contribution in [1.82, 2.24) is 14.6 Å². The summed E-state index contributed by atoms with van der Waals surface area (Å²) < 4.78 is 45.4. The van der Waals surface area contributed by atoms with Gasteiger partial charge in [-0.3, -0.25) is 4.79 Å². The van der Waals surface area contributed by atoms with E-state index >= 15 is 0 Å². The number of sulfonamides is 1. The van der Waals surface area contributed by atoms with Gasteiger partial charge in [0, 0.05) is 25.3 Å². The summed E-state index contributed by atoms with van der Waals surface area (Å²) in [6.07, 6.45) is 2.43. The van der Waals surface area contributed by atoms with E-state index in [1.54, 1.807) is 26.0 Å². The van der Waals surface area contributed by atoms with Crippen LogP contribution in [-0.4, -0.2) is 48.3 Å². The molecule has 0 bridgehead atoms. The van der Waals surface area contributed by atoms with Gasteiger partial charge < -0.3 is 10.1 Å². The van der Waals surface area contributed by atoms with Crippen LogP contribution >= 0.6 is 0 Å². The van der Waals surface area contributed by atoms with E-state index in [-0.39, 0.29) is 22.8 Å². The summed E-state index contributed by atoms with van der Waals surface area (Å²) in [6, 6.07) is 10.1. The van der Waals surface area contributed by atoms with Crippen LogP contribution in [0.1, 0.15) is 26.7 Å². The molecule has 1 fully saturated rings. The topological polar surface area (TPSA) is 88.6 Å². The average molecular weight is 421 g/mol. The Kier molecular flexibility index (Phi) is 6.18. The molecule has 1 aliphatic heterocycles. The molecule has 2 heterocycles. The minimum Gasteiger partial charge on any atom is -0.478 e. The zero-order valence-corrected chi connectivity index (χ0v) is 17.2. The first kappa shape index (κ1) is 21.2. The number of nitrogens with one attached hydrogen (secondary N) is 1. The maximum Gasteiger partial charge on any atom is 0.263 e. The molecule has 0 unspecified atom stereocenters. The normalized spacial score (nSPS) is 16.4. The van der Waals surface area contributed by atoms with Crippen LogP contribution in [0.4, 0.5) is 4.39 Å². The largest absolute Gasteiger partial charge is 0.478 e. The fourth-order valence-electron chi connectivity index (χ4n) is 3.08. The predicted octanol–water partition coefficient (Wildman–Crippen LogP) is 2.35. The standard InChI is InChI=1S/C20H24FN3O4S/c1-20(2,28-17-8-6-15(21)7-9-17)19(25)23-16-10-13-24(14-11-16)29(26,27)18-5-3-4-12-22-18/h3-9,12,16H,10-11,13-14H2,1-2H3,(H,23,25). The molecule has 1 saturated heterocycles. The van der Waals surface area contributed by atoms with Crippen LogP contribution in [0.25, 0.3) is 0 Å². The first-order valence-corrected chi connectivity index (χ1v) is 10.8. The smallest absolute Gasteiger partial charge is 0.263 e. The predicted molar refractivity (Wildman–Crippen MR) is 105 cm³/mol. The van der Waals surface area contributed by atoms with Crippen molar-refractivity contribution in [2.45, 2.75) is 43.4 Å². The van der Waals surface area contributed by atoms with Gasteiger partial charge in [-0.25, -0.2) is 17.8 Å². The minimum absolute atomic E-state index is 0.0244. The van der Waals surface area contributed by atoms with Crippen molar-refractivity contribution in [2.75, 3.05) is 13.1 Å². The van der Waals surface area contributed by atoms with E-state index in [1.165, 1.54) is 40.8 Å². The molecule has 0 radical (unpaired) electrons. The van der Waals surface area contributed by atoms with Gasteiger partial charge in [-0.2, -0.15) is 4.31 Å². The SMILES string of the molecule is CC(C)(Oc1ccc(F)cc1)C(=O)NC1CCN(S(=O)(=O)c2ccccn2)CC1. The van der Waals surface area contributed by atoms with Gasteiger partial charge in [-0.1, -0.05) is 6.07 Å². The molecule has 1 amide bonds. The molecule has 29 heavy (non-hydrogen) atoms. The van der Waals surface area contributed by atoms with Crippen LogP contribution in [-0.2, 0) is 14.8 Å². The number of carbonyl (C=O) groups excluding carboxylic acids is 1. The Labute approximate surface area is 169 Å². The van der Waals surface area contributed by atoms with Crippen molar-refractivity contribution in [1.29, 1.82) is 0 Å². The van der Waals surface area contributed by atoms with Gasteiger partial charge in [0.1, 0.15) is 11.6 Å². The number of benzene rings is 1. The molecule has 2 aromatic rings. The number of ether oxygens (including phenoxy) is 1. The first-order chi connectivity index (χ1) is 13.7. The molecule has 1 aromatic carbocycles. The van der Waals surface area contributed by atoms with Crippen molar-refractivity contribution in [3.8, 4) is 5.75 Å². The van der Waals surface area contributed by atoms with Crippen molar-refractivity contribution < 1.29 is 22.3 Å². The summed E-state index contributed by atoms with van der Waals surface area (Å²) in [7, 11) is -3.63. The lowest BCUT2D eigenvalue weighted by molar-refractivity contribution is -0.135. The van der Waals surface area contributed by atoms with Crippen LogP contribution in [0.2, 0.25) is 0 Å². The maximum absolute atomic E-state index is 13.0. The Morgan fingerprint density at radius 2 is 1.83 bits per heavy atom. The monoisotopic (exact) mass is 421 g/mol. The van der Waals surface area contributed by atoms with Gasteiger partial charge in [-0.05, 0) is 63.1 Å². The van der Waals surface area contributed by atoms with Gasteiger partial charge in [-0.15, -0.1) is 0 Å². The summed E-state index contributed by atoms with van der Waals surface area (Å²) in [6.45, 7) is 3.85. The molecule has 0 spiro atoms. The molecular formula is C20H24FN3O4S. The van der Waals surface area contributed by atoms with Crippen molar-refractivity contribution in [3.05, 3.63) is 54.5 Å².